The van der Waals surface area contributed by atoms with Crippen LogP contribution in [0, 0.1) is 0 Å². The van der Waals surface area contributed by atoms with Gasteiger partial charge in [0.25, 0.3) is 0 Å². The Balaban J connectivity index is 3.27. The van der Waals surface area contributed by atoms with Gasteiger partial charge < -0.3 is 5.32 Å². The van der Waals surface area contributed by atoms with Gasteiger partial charge in [-0.05, 0) is 33.7 Å². The number of hydrogen-bond acceptors (Lipinski definition) is 1. The maximum atomic E-state index is 6.10. The molecule has 1 nitrogen and oxygen atoms in total. The first-order valence-electron chi connectivity index (χ1n) is 6.89. The number of halogens is 1. The van der Waals surface area contributed by atoms with Gasteiger partial charge in [0, 0.05) is 10.9 Å². The molecule has 0 aromatic heterocycles. The molecule has 0 saturated carbocycles. The molecule has 0 aromatic carbocycles. The zero-order valence-electron chi connectivity index (χ0n) is 11.6. The van der Waals surface area contributed by atoms with E-state index in [1.807, 2.05) is 0 Å². The number of unbranched alkanes of at least 4 members (excludes halogenated alkanes) is 6. The quantitative estimate of drug-likeness (QED) is 0.435. The summed E-state index contributed by atoms with van der Waals surface area (Å²) in [4.78, 5) is 0. The molecular formula is C14H30ClN. The standard InChI is InChI=1S/C14H30ClN/c1-5-6-7-8-9-10-11-12-16-14(3,4)13(2)15/h13,16H,5-12H2,1-4H3. The first kappa shape index (κ1) is 16.2. The van der Waals surface area contributed by atoms with Crippen molar-refractivity contribution in [1.29, 1.82) is 0 Å². The highest BCUT2D eigenvalue weighted by molar-refractivity contribution is 6.21. The first-order valence-corrected chi connectivity index (χ1v) is 7.33. The Kier molecular flexibility index (Phi) is 9.44. The zero-order chi connectivity index (χ0) is 12.4. The van der Waals surface area contributed by atoms with Crippen molar-refractivity contribution in [3.8, 4) is 0 Å². The van der Waals surface area contributed by atoms with Gasteiger partial charge in [0.05, 0.1) is 0 Å². The average Bonchev–Trinajstić information content (AvgIpc) is 2.21. The van der Waals surface area contributed by atoms with Crippen LogP contribution in [0.3, 0.4) is 0 Å². The lowest BCUT2D eigenvalue weighted by Crippen LogP contribution is -2.46. The topological polar surface area (TPSA) is 12.0 Å². The van der Waals surface area contributed by atoms with Crippen molar-refractivity contribution < 1.29 is 0 Å². The van der Waals surface area contributed by atoms with Gasteiger partial charge in [-0.1, -0.05) is 45.4 Å². The van der Waals surface area contributed by atoms with Crippen LogP contribution in [0.5, 0.6) is 0 Å². The van der Waals surface area contributed by atoms with Crippen LogP contribution in [-0.2, 0) is 0 Å². The Morgan fingerprint density at radius 2 is 1.50 bits per heavy atom. The van der Waals surface area contributed by atoms with Crippen molar-refractivity contribution in [2.24, 2.45) is 0 Å². The van der Waals surface area contributed by atoms with Crippen LogP contribution in [0.15, 0.2) is 0 Å². The van der Waals surface area contributed by atoms with E-state index in [1.54, 1.807) is 0 Å². The second kappa shape index (κ2) is 9.30. The van der Waals surface area contributed by atoms with Gasteiger partial charge in [0.1, 0.15) is 0 Å². The van der Waals surface area contributed by atoms with Crippen LogP contribution >= 0.6 is 11.6 Å². The Bertz CT molecular complexity index is 155. The van der Waals surface area contributed by atoms with E-state index >= 15 is 0 Å². The normalized spacial score (nSPS) is 14.1. The van der Waals surface area contributed by atoms with Gasteiger partial charge >= 0.3 is 0 Å². The predicted octanol–water partition coefficient (Wildman–Crippen LogP) is 4.73. The molecule has 0 radical (unpaired) electrons. The first-order chi connectivity index (χ1) is 7.50. The highest BCUT2D eigenvalue weighted by atomic mass is 35.5. The van der Waals surface area contributed by atoms with Gasteiger partial charge in [-0.3, -0.25) is 0 Å². The zero-order valence-corrected chi connectivity index (χ0v) is 12.4. The van der Waals surface area contributed by atoms with Crippen LogP contribution in [0.4, 0.5) is 0 Å². The van der Waals surface area contributed by atoms with Crippen LogP contribution < -0.4 is 5.32 Å². The second-order valence-corrected chi connectivity index (χ2v) is 6.04. The van der Waals surface area contributed by atoms with Gasteiger partial charge in [0.15, 0.2) is 0 Å². The maximum Gasteiger partial charge on any atom is 0.0484 e. The molecule has 0 fully saturated rings. The fourth-order valence-electron chi connectivity index (χ4n) is 1.63. The van der Waals surface area contributed by atoms with Crippen molar-refractivity contribution in [3.05, 3.63) is 0 Å². The van der Waals surface area contributed by atoms with E-state index in [0.717, 1.165) is 6.54 Å². The molecule has 0 rings (SSSR count). The molecule has 98 valence electrons. The fraction of sp³-hybridized carbons (Fsp3) is 1.00. The number of alkyl halides is 1. The number of rotatable bonds is 10. The predicted molar refractivity (Wildman–Crippen MR) is 75.4 cm³/mol. The molecule has 1 N–H and O–H groups in total. The van der Waals surface area contributed by atoms with E-state index in [9.17, 15) is 0 Å². The third kappa shape index (κ3) is 8.41. The molecule has 0 aliphatic rings. The molecule has 0 spiro atoms. The molecule has 1 atom stereocenters. The van der Waals surface area contributed by atoms with Gasteiger partial charge in [-0.2, -0.15) is 0 Å². The highest BCUT2D eigenvalue weighted by Gasteiger charge is 2.22. The van der Waals surface area contributed by atoms with Crippen molar-refractivity contribution in [1.82, 2.24) is 5.32 Å². The third-order valence-electron chi connectivity index (χ3n) is 3.36. The minimum atomic E-state index is 0.0593. The summed E-state index contributed by atoms with van der Waals surface area (Å²) in [5.74, 6) is 0. The van der Waals surface area contributed by atoms with Crippen molar-refractivity contribution in [3.63, 3.8) is 0 Å². The second-order valence-electron chi connectivity index (χ2n) is 5.39. The summed E-state index contributed by atoms with van der Waals surface area (Å²) >= 11 is 6.10. The average molecular weight is 248 g/mol. The molecule has 0 aliphatic heterocycles. The number of hydrogen-bond donors (Lipinski definition) is 1. The lowest BCUT2D eigenvalue weighted by Gasteiger charge is -2.29. The monoisotopic (exact) mass is 247 g/mol. The minimum absolute atomic E-state index is 0.0593. The Morgan fingerprint density at radius 1 is 1.00 bits per heavy atom. The van der Waals surface area contributed by atoms with Gasteiger partial charge in [0.2, 0.25) is 0 Å². The van der Waals surface area contributed by atoms with E-state index < -0.39 is 0 Å². The fourth-order valence-corrected chi connectivity index (χ4v) is 1.71. The molecule has 0 aliphatic carbocycles. The summed E-state index contributed by atoms with van der Waals surface area (Å²) in [5.41, 5.74) is 0.0593. The lowest BCUT2D eigenvalue weighted by molar-refractivity contribution is 0.375. The molecular weight excluding hydrogens is 218 g/mol. The summed E-state index contributed by atoms with van der Waals surface area (Å²) in [5, 5.41) is 3.71. The van der Waals surface area contributed by atoms with E-state index in [2.05, 4.69) is 33.0 Å². The van der Waals surface area contributed by atoms with E-state index in [-0.39, 0.29) is 10.9 Å². The lowest BCUT2D eigenvalue weighted by atomic mass is 10.0. The van der Waals surface area contributed by atoms with E-state index in [0.29, 0.717) is 0 Å². The van der Waals surface area contributed by atoms with E-state index in [4.69, 9.17) is 11.6 Å². The van der Waals surface area contributed by atoms with E-state index in [1.165, 1.54) is 44.9 Å². The van der Waals surface area contributed by atoms with Crippen LogP contribution in [-0.4, -0.2) is 17.5 Å². The summed E-state index contributed by atoms with van der Waals surface area (Å²) in [6.45, 7) is 9.76. The Morgan fingerprint density at radius 3 is 2.00 bits per heavy atom. The number of nitrogens with one attached hydrogen (secondary N) is 1. The smallest absolute Gasteiger partial charge is 0.0484 e. The molecule has 0 aromatic rings. The summed E-state index contributed by atoms with van der Waals surface area (Å²) in [6.07, 6.45) is 9.57. The van der Waals surface area contributed by atoms with Gasteiger partial charge in [-0.25, -0.2) is 0 Å². The minimum Gasteiger partial charge on any atom is -0.310 e. The molecule has 2 heteroatoms. The molecule has 1 unspecified atom stereocenters. The molecule has 0 amide bonds. The Labute approximate surface area is 107 Å². The third-order valence-corrected chi connectivity index (χ3v) is 3.90. The van der Waals surface area contributed by atoms with Gasteiger partial charge in [-0.15, -0.1) is 11.6 Å². The Hall–Kier alpha value is 0.250. The molecule has 0 bridgehead atoms. The van der Waals surface area contributed by atoms with Crippen LogP contribution in [0.1, 0.15) is 72.6 Å². The highest BCUT2D eigenvalue weighted by Crippen LogP contribution is 2.14. The summed E-state index contributed by atoms with van der Waals surface area (Å²) in [7, 11) is 0. The molecule has 16 heavy (non-hydrogen) atoms. The van der Waals surface area contributed by atoms with Crippen molar-refractivity contribution in [2.75, 3.05) is 6.54 Å². The largest absolute Gasteiger partial charge is 0.310 e. The van der Waals surface area contributed by atoms with Crippen molar-refractivity contribution in [2.45, 2.75) is 83.6 Å². The van der Waals surface area contributed by atoms with Crippen molar-refractivity contribution >= 4 is 11.6 Å². The molecule has 0 heterocycles. The van der Waals surface area contributed by atoms with Crippen LogP contribution in [0.2, 0.25) is 0 Å². The maximum absolute atomic E-state index is 6.10. The SMILES string of the molecule is CCCCCCCCCNC(C)(C)C(C)Cl. The molecule has 0 saturated heterocycles. The summed E-state index contributed by atoms with van der Waals surface area (Å²) in [6, 6.07) is 0. The van der Waals surface area contributed by atoms with Crippen LogP contribution in [0.25, 0.3) is 0 Å². The summed E-state index contributed by atoms with van der Waals surface area (Å²) < 4.78 is 0.